The topological polar surface area (TPSA) is 24.9 Å². The molecule has 1 saturated carbocycles. The summed E-state index contributed by atoms with van der Waals surface area (Å²) >= 11 is 3.40. The lowest BCUT2D eigenvalue weighted by Gasteiger charge is -2.18. The van der Waals surface area contributed by atoms with E-state index >= 15 is 0 Å². The minimum Gasteiger partial charge on any atom is -0.313 e. The average molecular weight is 349 g/mol. The molecule has 110 valence electrons. The Kier molecular flexibility index (Phi) is 4.66. The molecule has 0 aliphatic heterocycles. The van der Waals surface area contributed by atoms with Crippen LogP contribution in [0.25, 0.3) is 0 Å². The molecule has 0 saturated heterocycles. The van der Waals surface area contributed by atoms with Crippen molar-refractivity contribution in [2.24, 2.45) is 0 Å². The number of rotatable bonds is 6. The zero-order valence-corrected chi connectivity index (χ0v) is 13.3. The minimum absolute atomic E-state index is 0.173. The van der Waals surface area contributed by atoms with E-state index in [9.17, 15) is 4.39 Å². The molecule has 3 rings (SSSR count). The van der Waals surface area contributed by atoms with E-state index in [2.05, 4.69) is 26.2 Å². The Bertz CT molecular complexity index is 596. The maximum Gasteiger partial charge on any atom is 0.123 e. The Labute approximate surface area is 132 Å². The summed E-state index contributed by atoms with van der Waals surface area (Å²) < 4.78 is 14.5. The summed E-state index contributed by atoms with van der Waals surface area (Å²) in [5.74, 6) is 0.0719. The maximum atomic E-state index is 13.5. The van der Waals surface area contributed by atoms with Crippen LogP contribution in [0.3, 0.4) is 0 Å². The van der Waals surface area contributed by atoms with Crippen LogP contribution in [0.4, 0.5) is 4.39 Å². The Morgan fingerprint density at radius 1 is 1.29 bits per heavy atom. The molecule has 0 spiro atoms. The zero-order valence-electron chi connectivity index (χ0n) is 11.7. The molecule has 2 nitrogen and oxygen atoms in total. The second kappa shape index (κ2) is 6.67. The van der Waals surface area contributed by atoms with Gasteiger partial charge in [0.05, 0.1) is 0 Å². The van der Waals surface area contributed by atoms with Crippen molar-refractivity contribution in [1.29, 1.82) is 0 Å². The Morgan fingerprint density at radius 2 is 2.14 bits per heavy atom. The van der Waals surface area contributed by atoms with Crippen molar-refractivity contribution in [1.82, 2.24) is 10.3 Å². The van der Waals surface area contributed by atoms with Gasteiger partial charge in [-0.1, -0.05) is 12.1 Å². The number of hydrogen-bond acceptors (Lipinski definition) is 2. The van der Waals surface area contributed by atoms with Crippen molar-refractivity contribution in [2.75, 3.05) is 6.54 Å². The molecule has 21 heavy (non-hydrogen) atoms. The molecule has 1 atom stereocenters. The lowest BCUT2D eigenvalue weighted by atomic mass is 9.93. The summed E-state index contributed by atoms with van der Waals surface area (Å²) in [4.78, 5) is 4.44. The van der Waals surface area contributed by atoms with E-state index in [4.69, 9.17) is 0 Å². The molecule has 1 heterocycles. The molecule has 1 fully saturated rings. The third-order valence-corrected chi connectivity index (χ3v) is 4.26. The van der Waals surface area contributed by atoms with Gasteiger partial charge in [0.1, 0.15) is 5.82 Å². The van der Waals surface area contributed by atoms with Crippen molar-refractivity contribution in [3.8, 4) is 0 Å². The van der Waals surface area contributed by atoms with Gasteiger partial charge in [0, 0.05) is 34.9 Å². The molecule has 0 amide bonds. The van der Waals surface area contributed by atoms with Crippen LogP contribution in [0, 0.1) is 5.82 Å². The normalized spacial score (nSPS) is 15.9. The SMILES string of the molecule is Fc1cccc(C(CNC2CC2)Cc2ccc(Br)cn2)c1. The van der Waals surface area contributed by atoms with Crippen LogP contribution in [-0.2, 0) is 6.42 Å². The highest BCUT2D eigenvalue weighted by Crippen LogP contribution is 2.24. The fourth-order valence-corrected chi connectivity index (χ4v) is 2.68. The van der Waals surface area contributed by atoms with Gasteiger partial charge in [-0.3, -0.25) is 4.98 Å². The molecule has 1 aromatic heterocycles. The van der Waals surface area contributed by atoms with Gasteiger partial charge in [-0.25, -0.2) is 4.39 Å². The second-order valence-corrected chi connectivity index (χ2v) is 6.52. The predicted molar refractivity (Wildman–Crippen MR) is 85.8 cm³/mol. The van der Waals surface area contributed by atoms with Gasteiger partial charge >= 0.3 is 0 Å². The number of aromatic nitrogens is 1. The molecule has 4 heteroatoms. The first kappa shape index (κ1) is 14.7. The van der Waals surface area contributed by atoms with Crippen molar-refractivity contribution in [2.45, 2.75) is 31.2 Å². The van der Waals surface area contributed by atoms with Gasteiger partial charge < -0.3 is 5.32 Å². The lowest BCUT2D eigenvalue weighted by Crippen LogP contribution is -2.25. The van der Waals surface area contributed by atoms with E-state index in [-0.39, 0.29) is 11.7 Å². The highest BCUT2D eigenvalue weighted by Gasteiger charge is 2.23. The van der Waals surface area contributed by atoms with Gasteiger partial charge in [-0.2, -0.15) is 0 Å². The van der Waals surface area contributed by atoms with Gasteiger partial charge in [-0.15, -0.1) is 0 Å². The van der Waals surface area contributed by atoms with Crippen LogP contribution in [0.15, 0.2) is 47.1 Å². The number of halogens is 2. The number of pyridine rings is 1. The predicted octanol–water partition coefficient (Wildman–Crippen LogP) is 4.06. The van der Waals surface area contributed by atoms with E-state index in [0.717, 1.165) is 28.7 Å². The van der Waals surface area contributed by atoms with Crippen molar-refractivity contribution >= 4 is 15.9 Å². The van der Waals surface area contributed by atoms with Crippen LogP contribution in [0.2, 0.25) is 0 Å². The molecule has 1 N–H and O–H groups in total. The molecule has 2 aromatic rings. The zero-order chi connectivity index (χ0) is 14.7. The smallest absolute Gasteiger partial charge is 0.123 e. The second-order valence-electron chi connectivity index (χ2n) is 5.61. The lowest BCUT2D eigenvalue weighted by molar-refractivity contribution is 0.565. The molecule has 1 aliphatic rings. The van der Waals surface area contributed by atoms with Crippen LogP contribution in [-0.4, -0.2) is 17.6 Å². The highest BCUT2D eigenvalue weighted by atomic mass is 79.9. The summed E-state index contributed by atoms with van der Waals surface area (Å²) in [6, 6.07) is 11.6. The summed E-state index contributed by atoms with van der Waals surface area (Å²) in [6.07, 6.45) is 5.14. The molecule has 1 unspecified atom stereocenters. The molecule has 0 radical (unpaired) electrons. The minimum atomic E-state index is -0.173. The maximum absolute atomic E-state index is 13.5. The first-order valence-electron chi connectivity index (χ1n) is 7.30. The molecule has 0 bridgehead atoms. The number of nitrogens with zero attached hydrogens (tertiary/aromatic N) is 1. The van der Waals surface area contributed by atoms with Gasteiger partial charge in [0.2, 0.25) is 0 Å². The summed E-state index contributed by atoms with van der Waals surface area (Å²) in [5, 5.41) is 3.55. The van der Waals surface area contributed by atoms with Gasteiger partial charge in [0.15, 0.2) is 0 Å². The average Bonchev–Trinajstić information content (AvgIpc) is 3.30. The fraction of sp³-hybridized carbons (Fsp3) is 0.353. The summed E-state index contributed by atoms with van der Waals surface area (Å²) in [5.41, 5.74) is 2.07. The fourth-order valence-electron chi connectivity index (χ4n) is 2.44. The summed E-state index contributed by atoms with van der Waals surface area (Å²) in [6.45, 7) is 0.867. The third-order valence-electron chi connectivity index (χ3n) is 3.79. The van der Waals surface area contributed by atoms with E-state index in [1.165, 1.54) is 18.9 Å². The molecular weight excluding hydrogens is 331 g/mol. The van der Waals surface area contributed by atoms with E-state index in [1.54, 1.807) is 12.1 Å². The van der Waals surface area contributed by atoms with Crippen LogP contribution in [0.1, 0.15) is 30.0 Å². The largest absolute Gasteiger partial charge is 0.313 e. The monoisotopic (exact) mass is 348 g/mol. The van der Waals surface area contributed by atoms with E-state index in [1.807, 2.05) is 24.4 Å². The Balaban J connectivity index is 1.75. The van der Waals surface area contributed by atoms with Crippen molar-refractivity contribution in [3.05, 3.63) is 64.1 Å². The standard InChI is InChI=1S/C17H18BrFN2/c18-14-4-5-17(21-11-14)9-13(10-20-16-6-7-16)12-2-1-3-15(19)8-12/h1-5,8,11,13,16,20H,6-7,9-10H2. The summed E-state index contributed by atoms with van der Waals surface area (Å²) in [7, 11) is 0. The van der Waals surface area contributed by atoms with Gasteiger partial charge in [-0.05, 0) is 65.0 Å². The van der Waals surface area contributed by atoms with E-state index < -0.39 is 0 Å². The highest BCUT2D eigenvalue weighted by molar-refractivity contribution is 9.10. The first-order chi connectivity index (χ1) is 10.2. The molecule has 1 aromatic carbocycles. The van der Waals surface area contributed by atoms with Gasteiger partial charge in [0.25, 0.3) is 0 Å². The third kappa shape index (κ3) is 4.35. The number of nitrogens with one attached hydrogen (secondary N) is 1. The van der Waals surface area contributed by atoms with E-state index in [0.29, 0.717) is 6.04 Å². The van der Waals surface area contributed by atoms with Crippen molar-refractivity contribution in [3.63, 3.8) is 0 Å². The quantitative estimate of drug-likeness (QED) is 0.851. The number of hydrogen-bond donors (Lipinski definition) is 1. The Hall–Kier alpha value is -1.26. The molecular formula is C17H18BrFN2. The Morgan fingerprint density at radius 3 is 2.81 bits per heavy atom. The van der Waals surface area contributed by atoms with Crippen LogP contribution < -0.4 is 5.32 Å². The first-order valence-corrected chi connectivity index (χ1v) is 8.09. The van der Waals surface area contributed by atoms with Crippen LogP contribution in [0.5, 0.6) is 0 Å². The number of benzene rings is 1. The molecule has 1 aliphatic carbocycles. The van der Waals surface area contributed by atoms with Crippen molar-refractivity contribution < 1.29 is 4.39 Å². The van der Waals surface area contributed by atoms with Crippen LogP contribution >= 0.6 is 15.9 Å².